The molecule has 0 spiro atoms. The van der Waals surface area contributed by atoms with E-state index in [-0.39, 0.29) is 24.6 Å². The molecule has 1 aliphatic heterocycles. The molecule has 0 atom stereocenters. The molecule has 10 heteroatoms. The van der Waals surface area contributed by atoms with Gasteiger partial charge >= 0.3 is 6.09 Å². The van der Waals surface area contributed by atoms with E-state index in [9.17, 15) is 14.4 Å². The van der Waals surface area contributed by atoms with Gasteiger partial charge in [0.15, 0.2) is 6.73 Å². The van der Waals surface area contributed by atoms with Crippen molar-refractivity contribution >= 4 is 28.8 Å². The Kier molecular flexibility index (Phi) is 9.43. The van der Waals surface area contributed by atoms with Gasteiger partial charge < -0.3 is 25.0 Å². The molecule has 1 saturated heterocycles. The van der Waals surface area contributed by atoms with Crippen LogP contribution in [-0.4, -0.2) is 64.7 Å². The van der Waals surface area contributed by atoms with Crippen LogP contribution in [0.3, 0.4) is 0 Å². The Morgan fingerprint density at radius 3 is 2.37 bits per heavy atom. The van der Waals surface area contributed by atoms with Gasteiger partial charge in [-0.25, -0.2) is 14.8 Å². The fraction of sp³-hybridized carbons (Fsp3) is 0.485. The number of para-hydroxylation sites is 1. The van der Waals surface area contributed by atoms with E-state index in [2.05, 4.69) is 15.6 Å². The van der Waals surface area contributed by atoms with E-state index in [1.165, 1.54) is 0 Å². The van der Waals surface area contributed by atoms with Crippen molar-refractivity contribution in [3.63, 3.8) is 0 Å². The van der Waals surface area contributed by atoms with Crippen molar-refractivity contribution in [1.29, 1.82) is 0 Å². The van der Waals surface area contributed by atoms with Crippen LogP contribution in [0.25, 0.3) is 22.2 Å². The quantitative estimate of drug-likeness (QED) is 0.348. The van der Waals surface area contributed by atoms with Crippen molar-refractivity contribution in [3.05, 3.63) is 54.2 Å². The molecule has 10 nitrogen and oxygen atoms in total. The van der Waals surface area contributed by atoms with Crippen LogP contribution in [0.5, 0.6) is 5.88 Å². The number of hydrogen-bond donors (Lipinski definition) is 2. The minimum Gasteiger partial charge on any atom is -0.456 e. The zero-order chi connectivity index (χ0) is 30.4. The van der Waals surface area contributed by atoms with E-state index in [0.29, 0.717) is 55.0 Å². The van der Waals surface area contributed by atoms with Crippen molar-refractivity contribution < 1.29 is 23.9 Å². The second-order valence-corrected chi connectivity index (χ2v) is 12.5. The first-order valence-electron chi connectivity index (χ1n) is 15.2. The fourth-order valence-corrected chi connectivity index (χ4v) is 5.63. The minimum atomic E-state index is -0.506. The molecular weight excluding hydrogens is 546 g/mol. The molecule has 2 N–H and O–H groups in total. The molecule has 0 radical (unpaired) electrons. The van der Waals surface area contributed by atoms with Gasteiger partial charge in [0, 0.05) is 49.3 Å². The summed E-state index contributed by atoms with van der Waals surface area (Å²) in [5.74, 6) is 1.21. The summed E-state index contributed by atoms with van der Waals surface area (Å²) in [6.07, 6.45) is 6.71. The molecule has 3 heterocycles. The largest absolute Gasteiger partial charge is 0.456 e. The number of alkyl carbamates (subject to hydrolysis) is 1. The number of nitrogens with zero attached hydrogens (tertiary/aromatic N) is 3. The highest BCUT2D eigenvalue weighted by Gasteiger charge is 2.24. The standard InChI is InChI=1S/C33H41N5O5/c1-33(2,3)43-32(41)36-19-23-12-10-22(11-13-23)18-35-31(40)26-17-28(37-27-8-5-4-7-25(26)27)24-14-15-29(34-20-24)42-21-38-16-6-9-30(38)39/h4-5,7-8,14-15,17,20,22-23H,6,9-13,16,18-19,21H2,1-3H3,(H,35,40)(H,36,41). The third-order valence-electron chi connectivity index (χ3n) is 7.98. The van der Waals surface area contributed by atoms with E-state index in [1.807, 2.05) is 57.2 Å². The Labute approximate surface area is 252 Å². The average molecular weight is 588 g/mol. The van der Waals surface area contributed by atoms with Gasteiger partial charge in [0.1, 0.15) is 5.60 Å². The summed E-state index contributed by atoms with van der Waals surface area (Å²) in [6.45, 7) is 7.67. The topological polar surface area (TPSA) is 123 Å². The Morgan fingerprint density at radius 1 is 1.00 bits per heavy atom. The summed E-state index contributed by atoms with van der Waals surface area (Å²) < 4.78 is 11.0. The number of likely N-dealkylation sites (tertiary alicyclic amines) is 1. The van der Waals surface area contributed by atoms with E-state index in [1.54, 1.807) is 17.2 Å². The predicted molar refractivity (Wildman–Crippen MR) is 163 cm³/mol. The lowest BCUT2D eigenvalue weighted by Crippen LogP contribution is -2.37. The maximum atomic E-state index is 13.5. The van der Waals surface area contributed by atoms with Gasteiger partial charge in [-0.15, -0.1) is 0 Å². The number of ether oxygens (including phenoxy) is 2. The van der Waals surface area contributed by atoms with Crippen LogP contribution in [-0.2, 0) is 9.53 Å². The fourth-order valence-electron chi connectivity index (χ4n) is 5.63. The zero-order valence-corrected chi connectivity index (χ0v) is 25.2. The van der Waals surface area contributed by atoms with Gasteiger partial charge in [-0.3, -0.25) is 9.59 Å². The van der Waals surface area contributed by atoms with Crippen LogP contribution >= 0.6 is 0 Å². The smallest absolute Gasteiger partial charge is 0.407 e. The minimum absolute atomic E-state index is 0.100. The third-order valence-corrected chi connectivity index (χ3v) is 7.98. The van der Waals surface area contributed by atoms with Gasteiger partial charge in [-0.2, -0.15) is 0 Å². The summed E-state index contributed by atoms with van der Waals surface area (Å²) >= 11 is 0. The summed E-state index contributed by atoms with van der Waals surface area (Å²) in [7, 11) is 0. The highest BCUT2D eigenvalue weighted by Crippen LogP contribution is 2.29. The van der Waals surface area contributed by atoms with Crippen molar-refractivity contribution in [1.82, 2.24) is 25.5 Å². The van der Waals surface area contributed by atoms with E-state index in [4.69, 9.17) is 14.5 Å². The maximum absolute atomic E-state index is 13.5. The van der Waals surface area contributed by atoms with E-state index < -0.39 is 5.60 Å². The van der Waals surface area contributed by atoms with Crippen molar-refractivity contribution in [2.75, 3.05) is 26.4 Å². The Hall–Kier alpha value is -4.21. The lowest BCUT2D eigenvalue weighted by molar-refractivity contribution is -0.130. The van der Waals surface area contributed by atoms with Crippen molar-refractivity contribution in [2.45, 2.75) is 64.9 Å². The van der Waals surface area contributed by atoms with Gasteiger partial charge in [0.25, 0.3) is 5.91 Å². The number of benzene rings is 1. The normalized spacial score (nSPS) is 18.9. The second-order valence-electron chi connectivity index (χ2n) is 12.5. The zero-order valence-electron chi connectivity index (χ0n) is 25.2. The number of fused-ring (bicyclic) bond motifs is 1. The van der Waals surface area contributed by atoms with Crippen LogP contribution in [0.15, 0.2) is 48.7 Å². The molecule has 2 fully saturated rings. The molecule has 0 unspecified atom stereocenters. The molecule has 3 aromatic rings. The molecule has 228 valence electrons. The average Bonchev–Trinajstić information content (AvgIpc) is 3.41. The molecule has 2 aromatic heterocycles. The summed E-state index contributed by atoms with van der Waals surface area (Å²) in [6, 6.07) is 13.1. The Morgan fingerprint density at radius 2 is 1.72 bits per heavy atom. The first-order valence-corrected chi connectivity index (χ1v) is 15.2. The van der Waals surface area contributed by atoms with E-state index in [0.717, 1.165) is 48.6 Å². The SMILES string of the molecule is CC(C)(C)OC(=O)NCC1CCC(CNC(=O)c2cc(-c3ccc(OCN4CCCC4=O)nc3)nc3ccccc23)CC1. The van der Waals surface area contributed by atoms with Crippen molar-refractivity contribution in [3.8, 4) is 17.1 Å². The first kappa shape index (κ1) is 30.3. The number of hydrogen-bond acceptors (Lipinski definition) is 7. The van der Waals surface area contributed by atoms with Crippen LogP contribution in [0.4, 0.5) is 4.79 Å². The molecule has 1 aliphatic carbocycles. The Bertz CT molecular complexity index is 1440. The molecule has 1 aromatic carbocycles. The molecule has 1 saturated carbocycles. The number of aromatic nitrogens is 2. The molecule has 2 aliphatic rings. The van der Waals surface area contributed by atoms with Crippen LogP contribution in [0.2, 0.25) is 0 Å². The second kappa shape index (κ2) is 13.4. The molecule has 5 rings (SSSR count). The first-order chi connectivity index (χ1) is 20.6. The van der Waals surface area contributed by atoms with Gasteiger partial charge in [0.05, 0.1) is 16.8 Å². The van der Waals surface area contributed by atoms with Gasteiger partial charge in [-0.1, -0.05) is 18.2 Å². The van der Waals surface area contributed by atoms with Gasteiger partial charge in [0.2, 0.25) is 11.8 Å². The maximum Gasteiger partial charge on any atom is 0.407 e. The van der Waals surface area contributed by atoms with Crippen molar-refractivity contribution in [2.24, 2.45) is 11.8 Å². The number of pyridine rings is 2. The molecular formula is C33H41N5O5. The van der Waals surface area contributed by atoms with Crippen LogP contribution in [0, 0.1) is 11.8 Å². The van der Waals surface area contributed by atoms with Crippen LogP contribution < -0.4 is 15.4 Å². The summed E-state index contributed by atoms with van der Waals surface area (Å²) in [4.78, 5) is 48.1. The summed E-state index contributed by atoms with van der Waals surface area (Å²) in [5, 5.41) is 6.85. The highest BCUT2D eigenvalue weighted by atomic mass is 16.6. The highest BCUT2D eigenvalue weighted by molar-refractivity contribution is 6.07. The number of nitrogens with one attached hydrogen (secondary N) is 2. The third kappa shape index (κ3) is 8.21. The lowest BCUT2D eigenvalue weighted by atomic mass is 9.82. The molecule has 0 bridgehead atoms. The summed E-state index contributed by atoms with van der Waals surface area (Å²) in [5.41, 5.74) is 2.21. The molecule has 43 heavy (non-hydrogen) atoms. The monoisotopic (exact) mass is 587 g/mol. The van der Waals surface area contributed by atoms with Crippen LogP contribution in [0.1, 0.15) is 69.7 Å². The predicted octanol–water partition coefficient (Wildman–Crippen LogP) is 5.32. The number of carbonyl (C=O) groups excluding carboxylic acids is 3. The lowest BCUT2D eigenvalue weighted by Gasteiger charge is -2.29. The number of rotatable bonds is 9. The number of carbonyl (C=O) groups is 3. The van der Waals surface area contributed by atoms with E-state index >= 15 is 0 Å². The molecule has 3 amide bonds. The van der Waals surface area contributed by atoms with Gasteiger partial charge in [-0.05, 0) is 82.9 Å². The Balaban J connectivity index is 1.17. The number of amides is 3.